The van der Waals surface area contributed by atoms with Gasteiger partial charge in [-0.25, -0.2) is 14.8 Å². The summed E-state index contributed by atoms with van der Waals surface area (Å²) in [6.07, 6.45) is 7.66. The molecule has 1 amide bonds. The number of methoxy groups -OCH3 is 1. The highest BCUT2D eigenvalue weighted by molar-refractivity contribution is 6.04. The van der Waals surface area contributed by atoms with Gasteiger partial charge in [-0.2, -0.15) is 0 Å². The molecule has 0 atom stereocenters. The second-order valence-electron chi connectivity index (χ2n) is 12.0. The van der Waals surface area contributed by atoms with Crippen LogP contribution < -0.4 is 15.4 Å². The van der Waals surface area contributed by atoms with Gasteiger partial charge in [0.15, 0.2) is 11.5 Å². The number of rotatable bonds is 10. The number of nitrogens with one attached hydrogen (secondary N) is 2. The van der Waals surface area contributed by atoms with Crippen molar-refractivity contribution in [3.8, 4) is 22.8 Å². The molecule has 5 aromatic rings. The average Bonchev–Trinajstić information content (AvgIpc) is 3.14. The summed E-state index contributed by atoms with van der Waals surface area (Å²) in [4.78, 5) is 41.1. The maximum atomic E-state index is 12.9. The maximum Gasteiger partial charge on any atom is 0.328 e. The van der Waals surface area contributed by atoms with E-state index in [2.05, 4.69) is 42.4 Å². The Bertz CT molecular complexity index is 1960. The van der Waals surface area contributed by atoms with Crippen LogP contribution in [0.4, 0.5) is 17.3 Å². The summed E-state index contributed by atoms with van der Waals surface area (Å²) in [5.41, 5.74) is 6.74. The third kappa shape index (κ3) is 10.7. The molecule has 1 aliphatic heterocycles. The molecule has 4 N–H and O–H groups in total. The predicted octanol–water partition coefficient (Wildman–Crippen LogP) is 6.09. The number of carbonyl (C=O) groups excluding carboxylic acids is 1. The predicted molar refractivity (Wildman–Crippen MR) is 198 cm³/mol. The zero-order chi connectivity index (χ0) is 36.2. The molecule has 1 fully saturated rings. The van der Waals surface area contributed by atoms with Crippen molar-refractivity contribution in [1.82, 2.24) is 24.8 Å². The van der Waals surface area contributed by atoms with Crippen LogP contribution >= 0.6 is 0 Å². The van der Waals surface area contributed by atoms with Crippen LogP contribution in [0.1, 0.15) is 27.0 Å². The number of pyridine rings is 1. The number of likely N-dealkylation sites (N-methyl/N-ethyl adjacent to an activating group) is 1. The van der Waals surface area contributed by atoms with Crippen LogP contribution in [0, 0.1) is 6.92 Å². The summed E-state index contributed by atoms with van der Waals surface area (Å²) < 4.78 is 4.86. The molecule has 12 nitrogen and oxygen atoms in total. The second-order valence-corrected chi connectivity index (χ2v) is 12.0. The normalized spacial score (nSPS) is 13.2. The van der Waals surface area contributed by atoms with E-state index in [-0.39, 0.29) is 11.7 Å². The first-order valence-electron chi connectivity index (χ1n) is 16.4. The van der Waals surface area contributed by atoms with E-state index in [1.54, 1.807) is 30.7 Å². The summed E-state index contributed by atoms with van der Waals surface area (Å²) in [6, 6.07) is 23.9. The van der Waals surface area contributed by atoms with Gasteiger partial charge in [0, 0.05) is 79.9 Å². The van der Waals surface area contributed by atoms with Gasteiger partial charge in [-0.05, 0) is 91.3 Å². The lowest BCUT2D eigenvalue weighted by Crippen LogP contribution is -2.43. The van der Waals surface area contributed by atoms with E-state index < -0.39 is 5.97 Å². The Morgan fingerprint density at radius 1 is 0.961 bits per heavy atom. The minimum Gasteiger partial charge on any atom is -0.504 e. The number of carboxylic acid groups (broad SMARTS) is 1. The van der Waals surface area contributed by atoms with Gasteiger partial charge in [-0.1, -0.05) is 24.3 Å². The number of piperazine rings is 1. The molecule has 12 heteroatoms. The molecule has 0 unspecified atom stereocenters. The van der Waals surface area contributed by atoms with Crippen LogP contribution in [0.2, 0.25) is 0 Å². The number of phenols is 1. The van der Waals surface area contributed by atoms with E-state index in [0.717, 1.165) is 61.3 Å². The molecule has 0 spiro atoms. The number of anilines is 3. The fourth-order valence-electron chi connectivity index (χ4n) is 5.24. The van der Waals surface area contributed by atoms with Crippen LogP contribution in [-0.2, 0) is 11.3 Å². The van der Waals surface area contributed by atoms with Gasteiger partial charge in [0.2, 0.25) is 5.95 Å². The first kappa shape index (κ1) is 36.2. The molecule has 2 aromatic heterocycles. The second kappa shape index (κ2) is 17.5. The Balaban J connectivity index is 0.000000303. The minimum absolute atomic E-state index is 0.0278. The van der Waals surface area contributed by atoms with E-state index in [4.69, 9.17) is 9.84 Å². The third-order valence-electron chi connectivity index (χ3n) is 8.20. The highest BCUT2D eigenvalue weighted by Gasteiger charge is 2.15. The van der Waals surface area contributed by atoms with Crippen molar-refractivity contribution >= 4 is 35.3 Å². The first-order valence-corrected chi connectivity index (χ1v) is 16.4. The zero-order valence-electron chi connectivity index (χ0n) is 28.8. The number of ether oxygens (including phenoxy) is 1. The largest absolute Gasteiger partial charge is 0.504 e. The molecule has 3 heterocycles. The summed E-state index contributed by atoms with van der Waals surface area (Å²) in [7, 11) is 3.59. The minimum atomic E-state index is -1.02. The van der Waals surface area contributed by atoms with Crippen molar-refractivity contribution in [1.29, 1.82) is 0 Å². The molecule has 0 bridgehead atoms. The van der Waals surface area contributed by atoms with Crippen LogP contribution in [0.5, 0.6) is 11.5 Å². The van der Waals surface area contributed by atoms with Gasteiger partial charge >= 0.3 is 5.97 Å². The Labute approximate surface area is 297 Å². The molecule has 1 saturated heterocycles. The standard InChI is InChI=1S/C29H31N7O.C10H10O4/c1-21-5-10-25(18-27(21)34-29-31-13-11-26(33-29)24-4-3-12-30-19-24)32-28(37)23-8-6-22(7-9-23)20-36-16-14-35(2)15-17-36;1-14-9-6-7(2-4-8(9)11)3-5-10(12)13/h3-13,18-19H,14-17,20H2,1-2H3,(H,32,37)(H,31,33,34);2-6,11H,1H3,(H,12,13)/b;5-3+. The number of hydrogen-bond donors (Lipinski definition) is 4. The number of aryl methyl sites for hydroxylation is 1. The average molecular weight is 688 g/mol. The number of hydrogen-bond acceptors (Lipinski definition) is 10. The van der Waals surface area contributed by atoms with Crippen LogP contribution in [0.3, 0.4) is 0 Å². The van der Waals surface area contributed by atoms with Crippen molar-refractivity contribution in [2.24, 2.45) is 0 Å². The summed E-state index contributed by atoms with van der Waals surface area (Å²) >= 11 is 0. The lowest BCUT2D eigenvalue weighted by atomic mass is 10.1. The van der Waals surface area contributed by atoms with E-state index in [0.29, 0.717) is 28.5 Å². The lowest BCUT2D eigenvalue weighted by molar-refractivity contribution is -0.131. The Morgan fingerprint density at radius 2 is 1.75 bits per heavy atom. The molecule has 6 rings (SSSR count). The molecule has 51 heavy (non-hydrogen) atoms. The number of aromatic hydroxyl groups is 1. The Hall–Kier alpha value is -6.11. The number of nitrogens with zero attached hydrogens (tertiary/aromatic N) is 5. The summed E-state index contributed by atoms with van der Waals surface area (Å²) in [5, 5.41) is 23.9. The number of aliphatic carboxylic acids is 1. The van der Waals surface area contributed by atoms with Gasteiger partial charge in [-0.15, -0.1) is 0 Å². The van der Waals surface area contributed by atoms with Crippen LogP contribution in [0.25, 0.3) is 17.3 Å². The van der Waals surface area contributed by atoms with Gasteiger partial charge in [0.05, 0.1) is 12.8 Å². The summed E-state index contributed by atoms with van der Waals surface area (Å²) in [5.74, 6) is -0.339. The quantitative estimate of drug-likeness (QED) is 0.126. The van der Waals surface area contributed by atoms with Crippen molar-refractivity contribution in [2.75, 3.05) is 51.0 Å². The van der Waals surface area contributed by atoms with Gasteiger partial charge in [0.1, 0.15) is 0 Å². The van der Waals surface area contributed by atoms with Crippen molar-refractivity contribution in [2.45, 2.75) is 13.5 Å². The van der Waals surface area contributed by atoms with E-state index >= 15 is 0 Å². The number of benzene rings is 3. The first-order chi connectivity index (χ1) is 24.7. The van der Waals surface area contributed by atoms with E-state index in [1.807, 2.05) is 67.6 Å². The van der Waals surface area contributed by atoms with Gasteiger partial charge in [-0.3, -0.25) is 14.7 Å². The highest BCUT2D eigenvalue weighted by Crippen LogP contribution is 2.27. The number of carbonyl (C=O) groups is 2. The van der Waals surface area contributed by atoms with Crippen LogP contribution in [0.15, 0.2) is 104 Å². The van der Waals surface area contributed by atoms with Crippen molar-refractivity contribution < 1.29 is 24.5 Å². The van der Waals surface area contributed by atoms with Crippen LogP contribution in [-0.4, -0.2) is 87.2 Å². The fourth-order valence-corrected chi connectivity index (χ4v) is 5.24. The molecule has 0 radical (unpaired) electrons. The smallest absolute Gasteiger partial charge is 0.328 e. The van der Waals surface area contributed by atoms with Gasteiger partial charge < -0.3 is 30.5 Å². The third-order valence-corrected chi connectivity index (χ3v) is 8.20. The zero-order valence-corrected chi connectivity index (χ0v) is 28.8. The Kier molecular flexibility index (Phi) is 12.4. The maximum absolute atomic E-state index is 12.9. The SMILES string of the molecule is COc1cc(/C=C/C(=O)O)ccc1O.Cc1ccc(NC(=O)c2ccc(CN3CCN(C)CC3)cc2)cc1Nc1nccc(-c2cccnc2)n1. The fraction of sp³-hybridized carbons (Fsp3) is 0.205. The molecule has 0 aliphatic carbocycles. The number of phenolic OH excluding ortho intramolecular Hbond substituents is 1. The van der Waals surface area contributed by atoms with Crippen molar-refractivity contribution in [3.05, 3.63) is 126 Å². The Morgan fingerprint density at radius 3 is 2.45 bits per heavy atom. The molecule has 3 aromatic carbocycles. The lowest BCUT2D eigenvalue weighted by Gasteiger charge is -2.32. The summed E-state index contributed by atoms with van der Waals surface area (Å²) in [6.45, 7) is 7.24. The van der Waals surface area contributed by atoms with Crippen molar-refractivity contribution in [3.63, 3.8) is 0 Å². The molecule has 262 valence electrons. The number of carboxylic acids is 1. The van der Waals surface area contributed by atoms with E-state index in [9.17, 15) is 14.7 Å². The molecular formula is C39H41N7O5. The molecular weight excluding hydrogens is 646 g/mol. The molecule has 1 aliphatic rings. The highest BCUT2D eigenvalue weighted by atomic mass is 16.5. The number of aromatic nitrogens is 3. The topological polar surface area (TPSA) is 153 Å². The van der Waals surface area contributed by atoms with Gasteiger partial charge in [0.25, 0.3) is 5.91 Å². The van der Waals surface area contributed by atoms with E-state index in [1.165, 1.54) is 24.8 Å². The number of amides is 1. The molecule has 0 saturated carbocycles. The monoisotopic (exact) mass is 687 g/mol.